The van der Waals surface area contributed by atoms with Gasteiger partial charge in [-0.1, -0.05) is 17.3 Å². The van der Waals surface area contributed by atoms with Gasteiger partial charge in [-0.15, -0.1) is 5.79 Å². The van der Waals surface area contributed by atoms with Crippen LogP contribution in [0, 0.1) is 0 Å². The standard InChI is InChI=1S/C22H25N6O3.CH3.Al/c23-16-5-1-7-18(19-15(16)4-2-10-24-19)31-22(30)27-12-8-14(9-13-27)28-17-6-3-11-25-20(17)26-21(28)29;;/h2-6,10-11,14,16,18H,1,7-9,12-13,23H2,(H,25,26,29);1H3;/t16-,18+;;/m0../s1. The summed E-state index contributed by atoms with van der Waals surface area (Å²) in [5.74, 6) is 2.23. The number of carbonyl (C=O) groups is 1. The summed E-state index contributed by atoms with van der Waals surface area (Å²) >= 11 is 0.215. The third kappa shape index (κ3) is 4.19. The summed E-state index contributed by atoms with van der Waals surface area (Å²) < 4.78 is 8.19. The first kappa shape index (κ1) is 22.1. The van der Waals surface area contributed by atoms with Crippen LogP contribution in [0.25, 0.3) is 11.2 Å². The van der Waals surface area contributed by atoms with Gasteiger partial charge in [0.15, 0.2) is 5.65 Å². The maximum Gasteiger partial charge on any atom is 0.410 e. The van der Waals surface area contributed by atoms with Crippen molar-refractivity contribution in [3.05, 3.63) is 58.4 Å². The number of piperidine rings is 1. The molecule has 33 heavy (non-hydrogen) atoms. The highest BCUT2D eigenvalue weighted by atomic mass is 27.1. The molecule has 3 N–H and O–H groups in total. The van der Waals surface area contributed by atoms with E-state index in [9.17, 15) is 9.59 Å². The first-order valence-electron chi connectivity index (χ1n) is 11.6. The number of likely N-dealkylation sites (tertiary alicyclic amines) is 1. The lowest BCUT2D eigenvalue weighted by molar-refractivity contribution is 0.0477. The molecule has 3 aromatic heterocycles. The molecule has 0 spiro atoms. The number of rotatable bonds is 3. The average Bonchev–Trinajstić information content (AvgIpc) is 3.12. The number of imidazole rings is 1. The Labute approximate surface area is 198 Å². The topological polar surface area (TPSA) is 119 Å². The molecule has 1 aliphatic heterocycles. The minimum atomic E-state index is -0.379. The van der Waals surface area contributed by atoms with Crippen LogP contribution in [0.15, 0.2) is 41.5 Å². The number of hydrogen-bond acceptors (Lipinski definition) is 6. The third-order valence-electron chi connectivity index (χ3n) is 7.01. The van der Waals surface area contributed by atoms with Crippen molar-refractivity contribution in [2.75, 3.05) is 13.1 Å². The molecular formula is C23H28AlN6O3. The minimum Gasteiger partial charge on any atom is -0.440 e. The molecule has 10 heteroatoms. The maximum absolute atomic E-state index is 13.1. The lowest BCUT2D eigenvalue weighted by Crippen LogP contribution is -2.41. The highest BCUT2D eigenvalue weighted by Gasteiger charge is 2.34. The fourth-order valence-electron chi connectivity index (χ4n) is 5.18. The van der Waals surface area contributed by atoms with E-state index < -0.39 is 0 Å². The summed E-state index contributed by atoms with van der Waals surface area (Å²) in [6.07, 6.45) is 5.74. The quantitative estimate of drug-likeness (QED) is 0.455. The molecule has 0 saturated carbocycles. The van der Waals surface area contributed by atoms with E-state index in [1.165, 1.54) is 0 Å². The van der Waals surface area contributed by atoms with Crippen molar-refractivity contribution in [1.29, 1.82) is 0 Å². The van der Waals surface area contributed by atoms with E-state index in [0.29, 0.717) is 36.4 Å². The van der Waals surface area contributed by atoms with Gasteiger partial charge in [-0.3, -0.25) is 14.5 Å². The van der Waals surface area contributed by atoms with Gasteiger partial charge in [0.1, 0.15) is 6.10 Å². The van der Waals surface area contributed by atoms with Crippen molar-refractivity contribution in [3.63, 3.8) is 0 Å². The Morgan fingerprint density at radius 3 is 2.70 bits per heavy atom. The van der Waals surface area contributed by atoms with Crippen LogP contribution < -0.4 is 11.4 Å². The molecule has 5 rings (SSSR count). The second-order valence-corrected chi connectivity index (χ2v) is 10.4. The lowest BCUT2D eigenvalue weighted by Gasteiger charge is -2.33. The summed E-state index contributed by atoms with van der Waals surface area (Å²) in [5, 5.41) is 0. The molecule has 9 nitrogen and oxygen atoms in total. The van der Waals surface area contributed by atoms with Gasteiger partial charge in [-0.2, -0.15) is 0 Å². The van der Waals surface area contributed by atoms with Crippen molar-refractivity contribution >= 4 is 32.5 Å². The molecule has 0 aromatic carbocycles. The van der Waals surface area contributed by atoms with E-state index in [2.05, 4.69) is 20.7 Å². The molecule has 1 amide bonds. The SMILES string of the molecule is [CH3][Al][C@@H]1CC[C@@H](OC(=O)N2CCC(n3c(=O)[nH]c4ncccc43)CC2)c2ncccc2[C@H]1N. The molecule has 1 fully saturated rings. The Bertz CT molecular complexity index is 1200. The molecule has 3 atom stereocenters. The van der Waals surface area contributed by atoms with Gasteiger partial charge >= 0.3 is 11.8 Å². The number of pyridine rings is 2. The van der Waals surface area contributed by atoms with Crippen LogP contribution in [-0.2, 0) is 4.74 Å². The van der Waals surface area contributed by atoms with Crippen LogP contribution in [0.4, 0.5) is 4.79 Å². The van der Waals surface area contributed by atoms with Gasteiger partial charge in [0, 0.05) is 37.6 Å². The van der Waals surface area contributed by atoms with Gasteiger partial charge < -0.3 is 15.4 Å². The highest BCUT2D eigenvalue weighted by Crippen LogP contribution is 2.40. The second kappa shape index (κ2) is 9.29. The number of aromatic nitrogens is 4. The lowest BCUT2D eigenvalue weighted by atomic mass is 10.0. The van der Waals surface area contributed by atoms with Crippen LogP contribution in [0.1, 0.15) is 55.1 Å². The number of amides is 1. The maximum atomic E-state index is 13.1. The van der Waals surface area contributed by atoms with E-state index in [0.717, 1.165) is 29.6 Å². The molecule has 171 valence electrons. The minimum absolute atomic E-state index is 0.0195. The average molecular weight is 463 g/mol. The van der Waals surface area contributed by atoms with Gasteiger partial charge in [0.2, 0.25) is 15.2 Å². The summed E-state index contributed by atoms with van der Waals surface area (Å²) in [6.45, 7) is 1.07. The number of nitrogens with zero attached hydrogens (tertiary/aromatic N) is 4. The zero-order valence-electron chi connectivity index (χ0n) is 18.7. The number of hydrogen-bond donors (Lipinski definition) is 2. The van der Waals surface area contributed by atoms with Crippen molar-refractivity contribution in [3.8, 4) is 0 Å². The highest BCUT2D eigenvalue weighted by molar-refractivity contribution is 6.36. The Kier molecular flexibility index (Phi) is 6.24. The fourth-order valence-corrected chi connectivity index (χ4v) is 6.33. The van der Waals surface area contributed by atoms with E-state index in [4.69, 9.17) is 10.5 Å². The van der Waals surface area contributed by atoms with E-state index >= 15 is 0 Å². The predicted octanol–water partition coefficient (Wildman–Crippen LogP) is 2.97. The zero-order valence-corrected chi connectivity index (χ0v) is 19.8. The van der Waals surface area contributed by atoms with Gasteiger partial charge in [-0.25, -0.2) is 14.6 Å². The monoisotopic (exact) mass is 463 g/mol. The predicted molar refractivity (Wildman–Crippen MR) is 125 cm³/mol. The third-order valence-corrected chi connectivity index (χ3v) is 8.61. The number of aromatic amines is 1. The summed E-state index contributed by atoms with van der Waals surface area (Å²) in [5.41, 5.74) is 9.57. The smallest absolute Gasteiger partial charge is 0.410 e. The number of nitrogens with two attached hydrogens (primary N) is 1. The first-order chi connectivity index (χ1) is 16.1. The van der Waals surface area contributed by atoms with Crippen molar-refractivity contribution < 1.29 is 9.53 Å². The molecule has 2 aliphatic rings. The van der Waals surface area contributed by atoms with Crippen LogP contribution in [-0.4, -0.2) is 58.8 Å². The Hall–Kier alpha value is -2.67. The van der Waals surface area contributed by atoms with Crippen LogP contribution >= 0.6 is 0 Å². The number of H-pyrrole nitrogens is 1. The Morgan fingerprint density at radius 2 is 1.91 bits per heavy atom. The molecule has 1 aliphatic carbocycles. The molecule has 1 saturated heterocycles. The molecule has 0 bridgehead atoms. The van der Waals surface area contributed by atoms with E-state index in [1.807, 2.05) is 24.3 Å². The van der Waals surface area contributed by atoms with E-state index in [1.54, 1.807) is 21.9 Å². The first-order valence-corrected chi connectivity index (χ1v) is 13.4. The molecule has 1 radical (unpaired) electrons. The molecule has 4 heterocycles. The number of ether oxygens (including phenoxy) is 1. The van der Waals surface area contributed by atoms with Crippen molar-refractivity contribution in [1.82, 2.24) is 24.4 Å². The van der Waals surface area contributed by atoms with Gasteiger partial charge in [0.25, 0.3) is 0 Å². The number of fused-ring (bicyclic) bond motifs is 2. The van der Waals surface area contributed by atoms with Crippen LogP contribution in [0.2, 0.25) is 10.6 Å². The van der Waals surface area contributed by atoms with Crippen LogP contribution in [0.5, 0.6) is 0 Å². The number of carbonyl (C=O) groups excluding carboxylic acids is 1. The van der Waals surface area contributed by atoms with Crippen molar-refractivity contribution in [2.24, 2.45) is 5.73 Å². The summed E-state index contributed by atoms with van der Waals surface area (Å²) in [6, 6.07) is 7.60. The Morgan fingerprint density at radius 1 is 1.15 bits per heavy atom. The van der Waals surface area contributed by atoms with Gasteiger partial charge in [-0.05, 0) is 43.0 Å². The van der Waals surface area contributed by atoms with E-state index in [-0.39, 0.29) is 45.2 Å². The summed E-state index contributed by atoms with van der Waals surface area (Å²) in [4.78, 5) is 38.9. The fraction of sp³-hybridized carbons (Fsp3) is 0.478. The van der Waals surface area contributed by atoms with Crippen LogP contribution in [0.3, 0.4) is 0 Å². The normalized spacial score (nSPS) is 23.7. The number of nitrogens with one attached hydrogen (secondary N) is 1. The largest absolute Gasteiger partial charge is 0.440 e. The summed E-state index contributed by atoms with van der Waals surface area (Å²) in [7, 11) is 0. The molecule has 3 aromatic rings. The van der Waals surface area contributed by atoms with Gasteiger partial charge in [0.05, 0.1) is 11.2 Å². The van der Waals surface area contributed by atoms with Crippen molar-refractivity contribution in [2.45, 2.75) is 54.4 Å². The molecule has 0 unspecified atom stereocenters. The molecular weight excluding hydrogens is 435 g/mol. The second-order valence-electron chi connectivity index (χ2n) is 8.84. The zero-order chi connectivity index (χ0) is 22.9. The Balaban J connectivity index is 1.28.